The largest absolute Gasteiger partial charge is 0.382 e. The van der Waals surface area contributed by atoms with Crippen LogP contribution in [-0.2, 0) is 9.47 Å². The fourth-order valence-corrected chi connectivity index (χ4v) is 0.303. The van der Waals surface area contributed by atoms with E-state index in [2.05, 4.69) is 0 Å². The molecule has 0 aromatic carbocycles. The van der Waals surface area contributed by atoms with Gasteiger partial charge in [-0.3, -0.25) is 0 Å². The molecule has 0 aliphatic rings. The summed E-state index contributed by atoms with van der Waals surface area (Å²) >= 11 is 0. The van der Waals surface area contributed by atoms with Crippen molar-refractivity contribution in [2.24, 2.45) is 0 Å². The fraction of sp³-hybridized carbons (Fsp3) is 1.00. The molecule has 0 fully saturated rings. The second-order valence-electron chi connectivity index (χ2n) is 1.50. The monoisotopic (exact) mass is 279 g/mol. The first kappa shape index (κ1) is 11.9. The summed E-state index contributed by atoms with van der Waals surface area (Å²) in [5.41, 5.74) is 0. The van der Waals surface area contributed by atoms with Crippen LogP contribution in [0, 0.1) is 36.9 Å². The summed E-state index contributed by atoms with van der Waals surface area (Å²) < 4.78 is 9.64. The molecule has 0 aromatic rings. The molecule has 3 heteroatoms. The van der Waals surface area contributed by atoms with Crippen LogP contribution in [0.5, 0.6) is 0 Å². The minimum atomic E-state index is 0. The van der Waals surface area contributed by atoms with E-state index in [1.165, 1.54) is 0 Å². The van der Waals surface area contributed by atoms with Crippen molar-refractivity contribution in [2.45, 2.75) is 13.0 Å². The first-order chi connectivity index (χ1) is 3.31. The molecule has 0 saturated heterocycles. The summed E-state index contributed by atoms with van der Waals surface area (Å²) in [6.07, 6.45) is 0.227. The van der Waals surface area contributed by atoms with Crippen molar-refractivity contribution in [3.8, 4) is 0 Å². The number of methoxy groups -OCH3 is 2. The average molecular weight is 279 g/mol. The summed E-state index contributed by atoms with van der Waals surface area (Å²) in [5.74, 6) is 0. The van der Waals surface area contributed by atoms with Crippen molar-refractivity contribution in [2.75, 3.05) is 20.8 Å². The molecule has 59 valence electrons. The molecule has 0 aliphatic carbocycles. The van der Waals surface area contributed by atoms with E-state index >= 15 is 0 Å². The molecule has 0 spiro atoms. The maximum absolute atomic E-state index is 4.87. The third-order valence-corrected chi connectivity index (χ3v) is 0.804. The Kier molecular flexibility index (Phi) is 12.1. The summed E-state index contributed by atoms with van der Waals surface area (Å²) in [5, 5.41) is 0. The molecule has 2 nitrogen and oxygen atoms in total. The zero-order chi connectivity index (χ0) is 5.70. The average Bonchev–Trinajstić information content (AvgIpc) is 1.68. The molecule has 8 heavy (non-hydrogen) atoms. The van der Waals surface area contributed by atoms with E-state index in [9.17, 15) is 0 Å². The topological polar surface area (TPSA) is 18.5 Å². The van der Waals surface area contributed by atoms with Gasteiger partial charge in [-0.25, -0.2) is 0 Å². The SMILES string of the molecule is COCC(C)OC.[Lu]. The Hall–Kier alpha value is 1.15. The van der Waals surface area contributed by atoms with E-state index in [0.717, 1.165) is 0 Å². The number of ether oxygens (including phenoxy) is 2. The second-order valence-corrected chi connectivity index (χ2v) is 1.50. The minimum Gasteiger partial charge on any atom is -0.382 e. The van der Waals surface area contributed by atoms with Crippen LogP contribution in [0.3, 0.4) is 0 Å². The molecule has 0 amide bonds. The number of rotatable bonds is 3. The van der Waals surface area contributed by atoms with E-state index in [-0.39, 0.29) is 43.0 Å². The molecule has 1 atom stereocenters. The molecular formula is C5H12LuO2. The Morgan fingerprint density at radius 3 is 2.00 bits per heavy atom. The van der Waals surface area contributed by atoms with Gasteiger partial charge < -0.3 is 9.47 Å². The van der Waals surface area contributed by atoms with Crippen molar-refractivity contribution in [3.63, 3.8) is 0 Å². The minimum absolute atomic E-state index is 0. The van der Waals surface area contributed by atoms with Crippen molar-refractivity contribution < 1.29 is 46.3 Å². The van der Waals surface area contributed by atoms with E-state index in [1.807, 2.05) is 6.92 Å². The Bertz CT molecular complexity index is 41.4. The Morgan fingerprint density at radius 2 is 1.88 bits per heavy atom. The van der Waals surface area contributed by atoms with Crippen molar-refractivity contribution in [3.05, 3.63) is 0 Å². The summed E-state index contributed by atoms with van der Waals surface area (Å²) in [7, 11) is 3.33. The van der Waals surface area contributed by atoms with Crippen molar-refractivity contribution in [1.82, 2.24) is 0 Å². The van der Waals surface area contributed by atoms with Gasteiger partial charge in [0, 0.05) is 51.1 Å². The molecule has 0 N–H and O–H groups in total. The molecule has 1 unspecified atom stereocenters. The third kappa shape index (κ3) is 7.15. The smallest absolute Gasteiger partial charge is 0.0776 e. The number of hydrogen-bond donors (Lipinski definition) is 0. The van der Waals surface area contributed by atoms with Gasteiger partial charge in [-0.1, -0.05) is 0 Å². The van der Waals surface area contributed by atoms with Gasteiger partial charge in [-0.05, 0) is 6.92 Å². The molecule has 1 radical (unpaired) electrons. The van der Waals surface area contributed by atoms with E-state index < -0.39 is 0 Å². The fourth-order valence-electron chi connectivity index (χ4n) is 0.303. The van der Waals surface area contributed by atoms with Gasteiger partial charge in [0.2, 0.25) is 0 Å². The normalized spacial score (nSPS) is 12.4. The molecular weight excluding hydrogens is 267 g/mol. The third-order valence-electron chi connectivity index (χ3n) is 0.804. The predicted molar refractivity (Wildman–Crippen MR) is 28.3 cm³/mol. The van der Waals surface area contributed by atoms with Crippen LogP contribution in [-0.4, -0.2) is 26.9 Å². The predicted octanol–water partition coefficient (Wildman–Crippen LogP) is 0.668. The quantitative estimate of drug-likeness (QED) is 0.756. The number of hydrogen-bond acceptors (Lipinski definition) is 2. The van der Waals surface area contributed by atoms with Crippen LogP contribution in [0.4, 0.5) is 0 Å². The van der Waals surface area contributed by atoms with Crippen LogP contribution in [0.2, 0.25) is 0 Å². The first-order valence-corrected chi connectivity index (χ1v) is 2.33. The Balaban J connectivity index is 0. The van der Waals surface area contributed by atoms with E-state index in [1.54, 1.807) is 14.2 Å². The molecule has 0 rings (SSSR count). The van der Waals surface area contributed by atoms with Gasteiger partial charge in [0.05, 0.1) is 12.7 Å². The van der Waals surface area contributed by atoms with Gasteiger partial charge in [-0.2, -0.15) is 0 Å². The van der Waals surface area contributed by atoms with Gasteiger partial charge in [-0.15, -0.1) is 0 Å². The zero-order valence-corrected chi connectivity index (χ0v) is 7.02. The van der Waals surface area contributed by atoms with Crippen LogP contribution < -0.4 is 0 Å². The molecule has 0 saturated carbocycles. The maximum atomic E-state index is 4.87. The van der Waals surface area contributed by atoms with Gasteiger partial charge in [0.1, 0.15) is 0 Å². The van der Waals surface area contributed by atoms with Crippen LogP contribution >= 0.6 is 0 Å². The second kappa shape index (κ2) is 8.15. The van der Waals surface area contributed by atoms with Crippen LogP contribution in [0.15, 0.2) is 0 Å². The molecule has 0 heterocycles. The summed E-state index contributed by atoms with van der Waals surface area (Å²) in [4.78, 5) is 0. The van der Waals surface area contributed by atoms with E-state index in [4.69, 9.17) is 9.47 Å². The van der Waals surface area contributed by atoms with Crippen LogP contribution in [0.1, 0.15) is 6.92 Å². The maximum Gasteiger partial charge on any atom is 0.0776 e. The Morgan fingerprint density at radius 1 is 1.38 bits per heavy atom. The van der Waals surface area contributed by atoms with Gasteiger partial charge >= 0.3 is 0 Å². The van der Waals surface area contributed by atoms with Crippen molar-refractivity contribution in [1.29, 1.82) is 0 Å². The molecule has 0 aliphatic heterocycles. The van der Waals surface area contributed by atoms with Crippen LogP contribution in [0.25, 0.3) is 0 Å². The first-order valence-electron chi connectivity index (χ1n) is 2.33. The molecule has 0 aromatic heterocycles. The standard InChI is InChI=1S/C5H12O2.Lu/c1-5(7-3)4-6-2;/h5H,4H2,1-3H3;. The van der Waals surface area contributed by atoms with Gasteiger partial charge in [0.25, 0.3) is 0 Å². The van der Waals surface area contributed by atoms with E-state index in [0.29, 0.717) is 6.61 Å². The van der Waals surface area contributed by atoms with Crippen molar-refractivity contribution >= 4 is 0 Å². The summed E-state index contributed by atoms with van der Waals surface area (Å²) in [6.45, 7) is 2.64. The summed E-state index contributed by atoms with van der Waals surface area (Å²) in [6, 6.07) is 0. The molecule has 0 bridgehead atoms. The Labute approximate surface area is 79.7 Å². The zero-order valence-electron chi connectivity index (χ0n) is 5.36. The van der Waals surface area contributed by atoms with Gasteiger partial charge in [0.15, 0.2) is 0 Å².